The number of nitrogens with zero attached hydrogens (tertiary/aromatic N) is 5. The van der Waals surface area contributed by atoms with Gasteiger partial charge in [0, 0.05) is 42.6 Å². The Balaban J connectivity index is 1.23. The fourth-order valence-corrected chi connectivity index (χ4v) is 7.78. The number of ether oxygens (including phenoxy) is 1. The molecule has 1 saturated heterocycles. The monoisotopic (exact) mass is 601 g/mol. The normalized spacial score (nSPS) is 26.7. The molecular formula is C31H38ClF2N5O3. The molecule has 7 rings (SSSR count). The van der Waals surface area contributed by atoms with E-state index in [2.05, 4.69) is 17.2 Å². The van der Waals surface area contributed by atoms with Crippen LogP contribution in [0.5, 0.6) is 5.75 Å². The van der Waals surface area contributed by atoms with Crippen molar-refractivity contribution < 1.29 is 23.1 Å². The molecule has 42 heavy (non-hydrogen) atoms. The maximum atomic E-state index is 14.2. The molecule has 0 radical (unpaired) electrons. The van der Waals surface area contributed by atoms with Crippen molar-refractivity contribution in [1.29, 1.82) is 0 Å². The van der Waals surface area contributed by atoms with Crippen LogP contribution in [0.15, 0.2) is 12.1 Å². The van der Waals surface area contributed by atoms with Crippen LogP contribution in [0.2, 0.25) is 5.02 Å². The van der Waals surface area contributed by atoms with Gasteiger partial charge in [0.15, 0.2) is 0 Å². The first-order chi connectivity index (χ1) is 20.2. The predicted octanol–water partition coefficient (Wildman–Crippen LogP) is 6.05. The molecular weight excluding hydrogens is 564 g/mol. The number of carbonyl (C=O) groups is 2. The Morgan fingerprint density at radius 1 is 1.19 bits per heavy atom. The van der Waals surface area contributed by atoms with E-state index in [0.29, 0.717) is 49.2 Å². The Morgan fingerprint density at radius 2 is 1.98 bits per heavy atom. The summed E-state index contributed by atoms with van der Waals surface area (Å²) in [7, 11) is 0. The number of rotatable bonds is 8. The number of amides is 2. The van der Waals surface area contributed by atoms with Gasteiger partial charge in [-0.05, 0) is 74.0 Å². The molecule has 226 valence electrons. The van der Waals surface area contributed by atoms with Crippen molar-refractivity contribution >= 4 is 23.4 Å². The SMILES string of the molecule is C[C@H]1CCCC[C@H]1C(=O)N1CCc2c(Cl)ccc(OCc3nnn(C4CC4)c3C(F)F)c2[C@H]1CN1CC2(CC2)CC1=O. The number of likely N-dealkylation sites (tertiary alicyclic amines) is 1. The van der Waals surface area contributed by atoms with Crippen LogP contribution in [-0.2, 0) is 22.6 Å². The molecule has 3 aliphatic carbocycles. The summed E-state index contributed by atoms with van der Waals surface area (Å²) in [5, 5.41) is 8.65. The van der Waals surface area contributed by atoms with Gasteiger partial charge in [0.1, 0.15) is 23.7 Å². The summed E-state index contributed by atoms with van der Waals surface area (Å²) in [6.07, 6.45) is 6.25. The lowest BCUT2D eigenvalue weighted by atomic mass is 9.78. The van der Waals surface area contributed by atoms with Gasteiger partial charge < -0.3 is 14.5 Å². The van der Waals surface area contributed by atoms with Gasteiger partial charge in [-0.25, -0.2) is 13.5 Å². The number of hydrogen-bond donors (Lipinski definition) is 0. The Hall–Kier alpha value is -2.75. The van der Waals surface area contributed by atoms with Crippen molar-refractivity contribution in [2.45, 2.75) is 96.2 Å². The second-order valence-electron chi connectivity index (χ2n) is 13.2. The quantitative estimate of drug-likeness (QED) is 0.368. The van der Waals surface area contributed by atoms with E-state index in [1.54, 1.807) is 12.1 Å². The first-order valence-corrected chi connectivity index (χ1v) is 15.9. The van der Waals surface area contributed by atoms with E-state index in [0.717, 1.165) is 62.5 Å². The summed E-state index contributed by atoms with van der Waals surface area (Å²) in [4.78, 5) is 31.2. The van der Waals surface area contributed by atoms with Gasteiger partial charge in [0.2, 0.25) is 11.8 Å². The van der Waals surface area contributed by atoms with Crippen LogP contribution < -0.4 is 4.74 Å². The second kappa shape index (κ2) is 10.8. The van der Waals surface area contributed by atoms with Gasteiger partial charge in [-0.3, -0.25) is 9.59 Å². The zero-order valence-corrected chi connectivity index (χ0v) is 24.8. The second-order valence-corrected chi connectivity index (χ2v) is 13.6. The van der Waals surface area contributed by atoms with E-state index in [-0.39, 0.29) is 47.2 Å². The molecule has 1 aromatic carbocycles. The van der Waals surface area contributed by atoms with E-state index in [1.807, 2.05) is 9.80 Å². The fraction of sp³-hybridized carbons (Fsp3) is 0.677. The molecule has 3 saturated carbocycles. The van der Waals surface area contributed by atoms with E-state index < -0.39 is 12.5 Å². The molecule has 3 atom stereocenters. The van der Waals surface area contributed by atoms with Gasteiger partial charge in [0.25, 0.3) is 6.43 Å². The lowest BCUT2D eigenvalue weighted by molar-refractivity contribution is -0.143. The highest BCUT2D eigenvalue weighted by Crippen LogP contribution is 2.54. The molecule has 2 amide bonds. The van der Waals surface area contributed by atoms with Gasteiger partial charge >= 0.3 is 0 Å². The molecule has 2 aromatic rings. The van der Waals surface area contributed by atoms with Crippen LogP contribution in [0.1, 0.15) is 106 Å². The number of fused-ring (bicyclic) bond motifs is 1. The highest BCUT2D eigenvalue weighted by molar-refractivity contribution is 6.31. The molecule has 5 aliphatic rings. The van der Waals surface area contributed by atoms with Crippen LogP contribution in [-0.4, -0.2) is 56.2 Å². The number of hydrogen-bond acceptors (Lipinski definition) is 5. The standard InChI is InChI=1S/C31H38ClF2N5O3/c1-18-4-2-3-5-20(18)30(41)38-13-10-21-22(32)8-9-25(27(21)24(38)15-37-17-31(11-12-31)14-26(37)40)42-16-23-28(29(33)34)39(36-35-23)19-6-7-19/h8-9,18-20,24,29H,2-7,10-17H2,1H3/t18-,20+,24+/m0/s1. The molecule has 1 aromatic heterocycles. The first-order valence-electron chi connectivity index (χ1n) is 15.5. The largest absolute Gasteiger partial charge is 0.487 e. The summed E-state index contributed by atoms with van der Waals surface area (Å²) in [6.45, 7) is 3.58. The first kappa shape index (κ1) is 28.0. The van der Waals surface area contributed by atoms with Crippen molar-refractivity contribution in [2.24, 2.45) is 17.3 Å². The Bertz CT molecular complexity index is 1390. The molecule has 4 fully saturated rings. The highest BCUT2D eigenvalue weighted by Gasteiger charge is 2.52. The van der Waals surface area contributed by atoms with E-state index in [9.17, 15) is 18.4 Å². The summed E-state index contributed by atoms with van der Waals surface area (Å²) in [6, 6.07) is 3.06. The van der Waals surface area contributed by atoms with Crippen LogP contribution in [0.4, 0.5) is 8.78 Å². The van der Waals surface area contributed by atoms with Gasteiger partial charge in [0.05, 0.1) is 12.1 Å². The van der Waals surface area contributed by atoms with E-state index in [1.165, 1.54) is 4.68 Å². The average molecular weight is 602 g/mol. The third kappa shape index (κ3) is 5.07. The topological polar surface area (TPSA) is 80.6 Å². The summed E-state index contributed by atoms with van der Waals surface area (Å²) in [5.74, 6) is 0.988. The fourth-order valence-electron chi connectivity index (χ4n) is 7.52. The Labute approximate surface area is 249 Å². The number of alkyl halides is 2. The summed E-state index contributed by atoms with van der Waals surface area (Å²) >= 11 is 6.74. The van der Waals surface area contributed by atoms with Crippen molar-refractivity contribution in [1.82, 2.24) is 24.8 Å². The Kier molecular flexibility index (Phi) is 7.18. The summed E-state index contributed by atoms with van der Waals surface area (Å²) in [5.41, 5.74) is 1.68. The van der Waals surface area contributed by atoms with Gasteiger partial charge in [-0.1, -0.05) is 36.6 Å². The lowest BCUT2D eigenvalue weighted by Crippen LogP contribution is -2.49. The maximum Gasteiger partial charge on any atom is 0.282 e. The molecule has 0 unspecified atom stereocenters. The molecule has 11 heteroatoms. The van der Waals surface area contributed by atoms with Crippen molar-refractivity contribution in [3.8, 4) is 5.75 Å². The molecule has 1 spiro atoms. The number of aromatic nitrogens is 3. The average Bonchev–Trinajstić information content (AvgIpc) is 3.89. The van der Waals surface area contributed by atoms with Crippen molar-refractivity contribution in [3.63, 3.8) is 0 Å². The maximum absolute atomic E-state index is 14.2. The number of benzene rings is 1. The molecule has 2 aliphatic heterocycles. The van der Waals surface area contributed by atoms with Crippen LogP contribution >= 0.6 is 11.6 Å². The van der Waals surface area contributed by atoms with Crippen molar-refractivity contribution in [3.05, 3.63) is 39.7 Å². The summed E-state index contributed by atoms with van der Waals surface area (Å²) < 4.78 is 35.7. The molecule has 0 bridgehead atoms. The van der Waals surface area contributed by atoms with Crippen molar-refractivity contribution in [2.75, 3.05) is 19.6 Å². The Morgan fingerprint density at radius 3 is 2.67 bits per heavy atom. The molecule has 8 nitrogen and oxygen atoms in total. The zero-order chi connectivity index (χ0) is 29.2. The number of carbonyl (C=O) groups excluding carboxylic acids is 2. The zero-order valence-electron chi connectivity index (χ0n) is 24.0. The minimum Gasteiger partial charge on any atom is -0.487 e. The van der Waals surface area contributed by atoms with Crippen LogP contribution in [0.3, 0.4) is 0 Å². The third-order valence-electron chi connectivity index (χ3n) is 10.3. The smallest absolute Gasteiger partial charge is 0.282 e. The van der Waals surface area contributed by atoms with Crippen LogP contribution in [0, 0.1) is 17.3 Å². The third-order valence-corrected chi connectivity index (χ3v) is 10.7. The molecule has 3 heterocycles. The highest BCUT2D eigenvalue weighted by atomic mass is 35.5. The minimum atomic E-state index is -2.72. The molecule has 0 N–H and O–H groups in total. The van der Waals surface area contributed by atoms with E-state index in [4.69, 9.17) is 16.3 Å². The lowest BCUT2D eigenvalue weighted by Gasteiger charge is -2.43. The van der Waals surface area contributed by atoms with E-state index >= 15 is 0 Å². The predicted molar refractivity (Wildman–Crippen MR) is 151 cm³/mol. The number of halogens is 3. The van der Waals surface area contributed by atoms with Gasteiger partial charge in [-0.2, -0.15) is 0 Å². The van der Waals surface area contributed by atoms with Crippen LogP contribution in [0.25, 0.3) is 0 Å². The van der Waals surface area contributed by atoms with Gasteiger partial charge in [-0.15, -0.1) is 5.10 Å². The minimum absolute atomic E-state index is 0.0302.